The largest absolute Gasteiger partial charge is 0.383 e. The lowest BCUT2D eigenvalue weighted by molar-refractivity contribution is -0.214. The van der Waals surface area contributed by atoms with Crippen LogP contribution in [-0.2, 0) is 18.5 Å². The summed E-state index contributed by atoms with van der Waals surface area (Å²) in [5.41, 5.74) is 0. The summed E-state index contributed by atoms with van der Waals surface area (Å²) in [5.74, 6) is -2.07. The molecule has 0 aromatic rings. The first kappa shape index (κ1) is 25.7. The lowest BCUT2D eigenvalue weighted by Gasteiger charge is -2.40. The van der Waals surface area contributed by atoms with Crippen LogP contribution in [0.5, 0.6) is 0 Å². The Balaban J connectivity index is 5.27. The van der Waals surface area contributed by atoms with Gasteiger partial charge >= 0.3 is 0 Å². The molecule has 0 saturated heterocycles. The van der Waals surface area contributed by atoms with Crippen molar-refractivity contribution in [2.24, 2.45) is 0 Å². The van der Waals surface area contributed by atoms with E-state index in [1.807, 2.05) is 32.4 Å². The van der Waals surface area contributed by atoms with E-state index in [9.17, 15) is 0 Å². The van der Waals surface area contributed by atoms with Gasteiger partial charge in [0.15, 0.2) is 0 Å². The van der Waals surface area contributed by atoms with Crippen molar-refractivity contribution in [2.75, 3.05) is 26.9 Å². The van der Waals surface area contributed by atoms with E-state index in [2.05, 4.69) is 4.85 Å². The molecule has 6 nitrogen and oxygen atoms in total. The van der Waals surface area contributed by atoms with E-state index in [-0.39, 0.29) is 38.3 Å². The maximum Gasteiger partial charge on any atom is 0.259 e. The van der Waals surface area contributed by atoms with E-state index < -0.39 is 26.5 Å². The molecular formula is C17H33BFN2O4P. The Labute approximate surface area is 160 Å². The smallest absolute Gasteiger partial charge is 0.259 e. The monoisotopic (exact) mass is 390 g/mol. The van der Waals surface area contributed by atoms with Crippen LogP contribution in [0.1, 0.15) is 48.0 Å². The van der Waals surface area contributed by atoms with Crippen molar-refractivity contribution < 1.29 is 22.9 Å². The van der Waals surface area contributed by atoms with Gasteiger partial charge in [0.2, 0.25) is 12.4 Å². The summed E-state index contributed by atoms with van der Waals surface area (Å²) in [6.45, 7) is 18.8. The average molecular weight is 390 g/mol. The van der Waals surface area contributed by atoms with Gasteiger partial charge in [-0.05, 0) is 34.6 Å². The highest BCUT2D eigenvalue weighted by atomic mass is 31.2. The fraction of sp³-hybridized carbons (Fsp3) is 0.941. The molecule has 0 bridgehead atoms. The Kier molecular flexibility index (Phi) is 12.8. The third kappa shape index (κ3) is 8.60. The van der Waals surface area contributed by atoms with Crippen LogP contribution in [0.4, 0.5) is 4.39 Å². The number of ether oxygens (including phenoxy) is 2. The van der Waals surface area contributed by atoms with Gasteiger partial charge in [-0.25, -0.2) is 15.6 Å². The molecule has 0 heterocycles. The second-order valence-corrected chi connectivity index (χ2v) is 7.93. The zero-order valence-electron chi connectivity index (χ0n) is 17.1. The second kappa shape index (κ2) is 13.0. The Morgan fingerprint density at radius 1 is 1.23 bits per heavy atom. The van der Waals surface area contributed by atoms with E-state index in [0.29, 0.717) is 0 Å². The van der Waals surface area contributed by atoms with Gasteiger partial charge in [0.25, 0.3) is 8.53 Å². The Morgan fingerprint density at radius 3 is 2.23 bits per heavy atom. The van der Waals surface area contributed by atoms with Crippen molar-refractivity contribution in [3.63, 3.8) is 0 Å². The normalized spacial score (nSPS) is 17.9. The van der Waals surface area contributed by atoms with Crippen molar-refractivity contribution in [2.45, 2.75) is 78.0 Å². The number of halogens is 1. The number of methoxy groups -OCH3 is 1. The van der Waals surface area contributed by atoms with Crippen molar-refractivity contribution in [3.8, 4) is 0 Å². The van der Waals surface area contributed by atoms with Crippen molar-refractivity contribution in [3.05, 3.63) is 11.4 Å². The summed E-state index contributed by atoms with van der Waals surface area (Å²) in [7, 11) is 5.67. The van der Waals surface area contributed by atoms with Gasteiger partial charge in [0.1, 0.15) is 20.6 Å². The van der Waals surface area contributed by atoms with Crippen molar-refractivity contribution in [1.82, 2.24) is 4.67 Å². The van der Waals surface area contributed by atoms with Gasteiger partial charge in [0, 0.05) is 31.6 Å². The highest BCUT2D eigenvalue weighted by Gasteiger charge is 2.41. The van der Waals surface area contributed by atoms with E-state index in [0.717, 1.165) is 0 Å². The van der Waals surface area contributed by atoms with Crippen LogP contribution >= 0.6 is 8.53 Å². The zero-order valence-corrected chi connectivity index (χ0v) is 18.0. The minimum Gasteiger partial charge on any atom is -0.383 e. The van der Waals surface area contributed by atoms with Crippen LogP contribution < -0.4 is 0 Å². The summed E-state index contributed by atoms with van der Waals surface area (Å²) in [6.07, 6.45) is -0.838. The van der Waals surface area contributed by atoms with E-state index >= 15 is 4.39 Å². The summed E-state index contributed by atoms with van der Waals surface area (Å²) < 4.78 is 39.4. The average Bonchev–Trinajstić information content (AvgIpc) is 2.54. The molecule has 0 saturated carbocycles. The van der Waals surface area contributed by atoms with Gasteiger partial charge in [-0.3, -0.25) is 0 Å². The van der Waals surface area contributed by atoms with Gasteiger partial charge in [-0.15, -0.1) is 0 Å². The molecule has 0 aliphatic heterocycles. The molecule has 26 heavy (non-hydrogen) atoms. The van der Waals surface area contributed by atoms with E-state index in [1.165, 1.54) is 7.11 Å². The summed E-state index contributed by atoms with van der Waals surface area (Å²) in [5, 5.41) is 0. The number of alkyl halides is 1. The first-order valence-electron chi connectivity index (χ1n) is 8.95. The zero-order chi connectivity index (χ0) is 20.3. The SMILES string of the molecule is [B][C@@H](COC)O[C@](F)(CC)[C@H](C)OP(OCC[N+]#[C-])N(C(C)C)C(C)C. The second-order valence-electron chi connectivity index (χ2n) is 6.52. The molecule has 0 amide bonds. The fourth-order valence-electron chi connectivity index (χ4n) is 2.42. The highest BCUT2D eigenvalue weighted by Crippen LogP contribution is 2.49. The molecule has 0 aromatic carbocycles. The van der Waals surface area contributed by atoms with Gasteiger partial charge < -0.3 is 23.4 Å². The van der Waals surface area contributed by atoms with Crippen molar-refractivity contribution >= 4 is 16.4 Å². The lowest BCUT2D eigenvalue weighted by Crippen LogP contribution is -2.45. The van der Waals surface area contributed by atoms with Crippen LogP contribution in [0.25, 0.3) is 4.85 Å². The molecule has 0 aliphatic carbocycles. The van der Waals surface area contributed by atoms with Crippen LogP contribution in [0.3, 0.4) is 0 Å². The molecule has 0 N–H and O–H groups in total. The molecular weight excluding hydrogens is 357 g/mol. The molecule has 0 aliphatic rings. The summed E-state index contributed by atoms with van der Waals surface area (Å²) in [4.78, 5) is 3.29. The quantitative estimate of drug-likeness (QED) is 0.195. The summed E-state index contributed by atoms with van der Waals surface area (Å²) in [6, 6.07) is -0.626. The minimum atomic E-state index is -2.07. The highest BCUT2D eigenvalue weighted by molar-refractivity contribution is 7.44. The predicted molar refractivity (Wildman–Crippen MR) is 104 cm³/mol. The number of rotatable bonds is 14. The van der Waals surface area contributed by atoms with E-state index in [4.69, 9.17) is 32.9 Å². The number of nitrogens with zero attached hydrogens (tertiary/aromatic N) is 2. The van der Waals surface area contributed by atoms with Gasteiger partial charge in [-0.1, -0.05) is 6.92 Å². The minimum absolute atomic E-state index is 0.0696. The molecule has 1 unspecified atom stereocenters. The topological polar surface area (TPSA) is 44.5 Å². The molecule has 9 heteroatoms. The lowest BCUT2D eigenvalue weighted by atomic mass is 10.00. The van der Waals surface area contributed by atoms with Crippen molar-refractivity contribution in [1.29, 1.82) is 0 Å². The maximum absolute atomic E-state index is 15.3. The summed E-state index contributed by atoms with van der Waals surface area (Å²) >= 11 is 0. The van der Waals surface area contributed by atoms with Crippen LogP contribution in [-0.4, -0.2) is 69.4 Å². The van der Waals surface area contributed by atoms with Gasteiger partial charge in [0.05, 0.1) is 6.61 Å². The van der Waals surface area contributed by atoms with Gasteiger partial charge in [-0.2, -0.15) is 0 Å². The molecule has 150 valence electrons. The molecule has 0 rings (SSSR count). The predicted octanol–water partition coefficient (Wildman–Crippen LogP) is 3.91. The molecule has 0 fully saturated rings. The Morgan fingerprint density at radius 2 is 1.81 bits per heavy atom. The van der Waals surface area contributed by atoms with Crippen LogP contribution in [0.2, 0.25) is 0 Å². The maximum atomic E-state index is 15.3. The standard InChI is InChI=1S/C17H33BFN2O4P/c1-9-17(19,24-16(18)12-22-8)15(6)25-26(23-11-10-20-7)21(13(2)3)14(4)5/h13-16H,9-12H2,1-6,8H3/t15-,16+,17+,26?/m0/s1. The third-order valence-electron chi connectivity index (χ3n) is 3.67. The van der Waals surface area contributed by atoms with E-state index in [1.54, 1.807) is 13.8 Å². The molecule has 0 aromatic heterocycles. The first-order valence-corrected chi connectivity index (χ1v) is 10.1. The molecule has 2 radical (unpaired) electrons. The first-order chi connectivity index (χ1) is 12.1. The Hall–Kier alpha value is -0.285. The Bertz CT molecular complexity index is 420. The van der Waals surface area contributed by atoms with Crippen LogP contribution in [0.15, 0.2) is 0 Å². The molecule has 0 spiro atoms. The third-order valence-corrected chi connectivity index (χ3v) is 5.87. The number of hydrogen-bond acceptors (Lipinski definition) is 5. The number of hydrogen-bond donors (Lipinski definition) is 0. The fourth-order valence-corrected chi connectivity index (χ4v) is 4.14. The molecule has 4 atom stereocenters. The van der Waals surface area contributed by atoms with Crippen LogP contribution in [0, 0.1) is 6.57 Å².